The number of hydrogen-bond donors (Lipinski definition) is 1. The topological polar surface area (TPSA) is 79.7 Å². The van der Waals surface area contributed by atoms with Crippen molar-refractivity contribution >= 4 is 11.9 Å². The molecule has 3 aromatic rings. The number of benzene rings is 2. The van der Waals surface area contributed by atoms with Gasteiger partial charge in [-0.1, -0.05) is 66.7 Å². The predicted octanol–water partition coefficient (Wildman–Crippen LogP) is 4.50. The van der Waals surface area contributed by atoms with E-state index in [1.165, 1.54) is 0 Å². The lowest BCUT2D eigenvalue weighted by atomic mass is 9.78. The zero-order valence-corrected chi connectivity index (χ0v) is 20.6. The van der Waals surface area contributed by atoms with Gasteiger partial charge in [0, 0.05) is 12.1 Å². The first-order valence-electron chi connectivity index (χ1n) is 11.9. The van der Waals surface area contributed by atoms with E-state index in [0.29, 0.717) is 23.2 Å². The highest BCUT2D eigenvalue weighted by Gasteiger charge is 2.51. The Hall–Kier alpha value is -3.51. The summed E-state index contributed by atoms with van der Waals surface area (Å²) in [6, 6.07) is 23.3. The molecule has 0 saturated carbocycles. The summed E-state index contributed by atoms with van der Waals surface area (Å²) >= 11 is 0. The highest BCUT2D eigenvalue weighted by Crippen LogP contribution is 2.41. The van der Waals surface area contributed by atoms with Gasteiger partial charge in [0.2, 0.25) is 0 Å². The summed E-state index contributed by atoms with van der Waals surface area (Å²) in [5.41, 5.74) is 0.137. The molecular weight excluding hydrogens is 440 g/mol. The molecule has 1 amide bonds. The molecule has 1 aliphatic rings. The van der Waals surface area contributed by atoms with Crippen LogP contribution in [-0.2, 0) is 15.1 Å². The summed E-state index contributed by atoms with van der Waals surface area (Å²) in [6.45, 7) is 7.39. The molecule has 2 atom stereocenters. The van der Waals surface area contributed by atoms with Gasteiger partial charge in [-0.15, -0.1) is 0 Å². The summed E-state index contributed by atoms with van der Waals surface area (Å²) in [5, 5.41) is 12.4. The average Bonchev–Trinajstić information content (AvgIpc) is 3.27. The zero-order valence-electron chi connectivity index (χ0n) is 20.6. The monoisotopic (exact) mass is 472 g/mol. The fourth-order valence-corrected chi connectivity index (χ4v) is 4.58. The molecule has 0 aliphatic carbocycles. The molecule has 1 aromatic heterocycles. The van der Waals surface area contributed by atoms with Gasteiger partial charge in [0.15, 0.2) is 0 Å². The Bertz CT molecular complexity index is 1150. The lowest BCUT2D eigenvalue weighted by Gasteiger charge is -2.39. The van der Waals surface area contributed by atoms with Gasteiger partial charge >= 0.3 is 5.97 Å². The fourth-order valence-electron chi connectivity index (χ4n) is 4.58. The molecule has 4 rings (SSSR count). The van der Waals surface area contributed by atoms with Crippen LogP contribution in [0.25, 0.3) is 0 Å². The van der Waals surface area contributed by atoms with Gasteiger partial charge in [0.05, 0.1) is 18.0 Å². The van der Waals surface area contributed by atoms with Crippen molar-refractivity contribution in [3.05, 3.63) is 101 Å². The molecule has 1 aliphatic heterocycles. The van der Waals surface area contributed by atoms with Gasteiger partial charge in [-0.25, -0.2) is 4.98 Å². The second-order valence-corrected chi connectivity index (χ2v) is 10.1. The first-order valence-corrected chi connectivity index (χ1v) is 11.9. The number of nitrogens with zero attached hydrogens (tertiary/aromatic N) is 2. The van der Waals surface area contributed by atoms with Crippen molar-refractivity contribution < 1.29 is 19.4 Å². The third-order valence-corrected chi connectivity index (χ3v) is 6.43. The van der Waals surface area contributed by atoms with Gasteiger partial charge in [-0.2, -0.15) is 0 Å². The van der Waals surface area contributed by atoms with Crippen molar-refractivity contribution in [1.82, 2.24) is 9.88 Å². The number of aliphatic hydroxyl groups is 1. The highest BCUT2D eigenvalue weighted by atomic mass is 16.5. The lowest BCUT2D eigenvalue weighted by molar-refractivity contribution is -0.158. The second kappa shape index (κ2) is 9.62. The van der Waals surface area contributed by atoms with Crippen LogP contribution in [0.3, 0.4) is 0 Å². The predicted molar refractivity (Wildman–Crippen MR) is 134 cm³/mol. The maximum atomic E-state index is 13.8. The van der Waals surface area contributed by atoms with Crippen LogP contribution in [0.2, 0.25) is 0 Å². The van der Waals surface area contributed by atoms with E-state index < -0.39 is 23.2 Å². The third-order valence-electron chi connectivity index (χ3n) is 6.43. The molecule has 1 saturated heterocycles. The molecule has 35 heavy (non-hydrogen) atoms. The Kier molecular flexibility index (Phi) is 6.77. The van der Waals surface area contributed by atoms with Crippen molar-refractivity contribution in [1.29, 1.82) is 0 Å². The van der Waals surface area contributed by atoms with Crippen LogP contribution in [0.5, 0.6) is 0 Å². The zero-order chi connectivity index (χ0) is 25.2. The number of pyridine rings is 1. The first kappa shape index (κ1) is 24.6. The Balaban J connectivity index is 1.80. The SMILES string of the molecule is Cc1cccc(C(=O)N2C[C@H](OC(=O)C(C)(C)C)C[C@H]2C(O)(c2ccccc2)c2ccccc2)n1. The number of aryl methyl sites for hydroxylation is 1. The van der Waals surface area contributed by atoms with Crippen LogP contribution < -0.4 is 0 Å². The van der Waals surface area contributed by atoms with Crippen molar-refractivity contribution in [2.45, 2.75) is 51.9 Å². The van der Waals surface area contributed by atoms with E-state index in [-0.39, 0.29) is 18.4 Å². The summed E-state index contributed by atoms with van der Waals surface area (Å²) in [5.74, 6) is -0.648. The van der Waals surface area contributed by atoms with Crippen LogP contribution in [0.1, 0.15) is 54.5 Å². The van der Waals surface area contributed by atoms with Crippen LogP contribution in [0.15, 0.2) is 78.9 Å². The van der Waals surface area contributed by atoms with Crippen molar-refractivity contribution in [2.24, 2.45) is 5.41 Å². The minimum absolute atomic E-state index is 0.170. The smallest absolute Gasteiger partial charge is 0.311 e. The molecule has 1 N–H and O–H groups in total. The average molecular weight is 473 g/mol. The van der Waals surface area contributed by atoms with Gasteiger partial charge in [-0.3, -0.25) is 9.59 Å². The minimum atomic E-state index is -1.52. The Morgan fingerprint density at radius 1 is 0.914 bits per heavy atom. The molecule has 182 valence electrons. The summed E-state index contributed by atoms with van der Waals surface area (Å²) < 4.78 is 5.85. The number of likely N-dealkylation sites (tertiary alicyclic amines) is 1. The quantitative estimate of drug-likeness (QED) is 0.553. The number of rotatable bonds is 5. The lowest BCUT2D eigenvalue weighted by Crippen LogP contribution is -2.50. The van der Waals surface area contributed by atoms with E-state index in [1.807, 2.05) is 73.7 Å². The van der Waals surface area contributed by atoms with Crippen molar-refractivity contribution in [3.8, 4) is 0 Å². The number of hydrogen-bond acceptors (Lipinski definition) is 5. The molecular formula is C29H32N2O4. The molecule has 2 heterocycles. The maximum Gasteiger partial charge on any atom is 0.311 e. The molecule has 0 unspecified atom stereocenters. The number of esters is 1. The Morgan fingerprint density at radius 2 is 1.49 bits per heavy atom. The van der Waals surface area contributed by atoms with E-state index in [4.69, 9.17) is 4.74 Å². The first-order chi connectivity index (χ1) is 16.6. The number of amides is 1. The van der Waals surface area contributed by atoms with E-state index in [9.17, 15) is 14.7 Å². The molecule has 0 spiro atoms. The van der Waals surface area contributed by atoms with Crippen molar-refractivity contribution in [3.63, 3.8) is 0 Å². The van der Waals surface area contributed by atoms with E-state index >= 15 is 0 Å². The largest absolute Gasteiger partial charge is 0.460 e. The number of ether oxygens (including phenoxy) is 1. The van der Waals surface area contributed by atoms with Crippen LogP contribution in [-0.4, -0.2) is 45.6 Å². The Morgan fingerprint density at radius 3 is 2.00 bits per heavy atom. The van der Waals surface area contributed by atoms with Gasteiger partial charge < -0.3 is 14.7 Å². The third kappa shape index (κ3) is 4.98. The van der Waals surface area contributed by atoms with E-state index in [1.54, 1.807) is 37.8 Å². The maximum absolute atomic E-state index is 13.8. The van der Waals surface area contributed by atoms with Crippen LogP contribution in [0, 0.1) is 12.3 Å². The van der Waals surface area contributed by atoms with E-state index in [2.05, 4.69) is 4.98 Å². The molecule has 0 bridgehead atoms. The molecule has 6 heteroatoms. The summed E-state index contributed by atoms with van der Waals surface area (Å²) in [7, 11) is 0. The van der Waals surface area contributed by atoms with Crippen LogP contribution >= 0.6 is 0 Å². The van der Waals surface area contributed by atoms with Gasteiger partial charge in [0.1, 0.15) is 17.4 Å². The van der Waals surface area contributed by atoms with Crippen molar-refractivity contribution in [2.75, 3.05) is 6.54 Å². The molecule has 6 nitrogen and oxygen atoms in total. The van der Waals surface area contributed by atoms with Gasteiger partial charge in [0.25, 0.3) is 5.91 Å². The highest BCUT2D eigenvalue weighted by molar-refractivity contribution is 5.93. The van der Waals surface area contributed by atoms with E-state index in [0.717, 1.165) is 5.69 Å². The number of carbonyl (C=O) groups excluding carboxylic acids is 2. The summed E-state index contributed by atoms with van der Waals surface area (Å²) in [4.78, 5) is 32.5. The second-order valence-electron chi connectivity index (χ2n) is 10.1. The molecule has 2 aromatic carbocycles. The summed E-state index contributed by atoms with van der Waals surface area (Å²) in [6.07, 6.45) is -0.265. The van der Waals surface area contributed by atoms with Gasteiger partial charge in [-0.05, 0) is 51.0 Å². The Labute approximate surface area is 206 Å². The number of aromatic nitrogens is 1. The molecule has 0 radical (unpaired) electrons. The standard InChI is InChI=1S/C29H32N2O4/c1-20-12-11-17-24(30-20)26(32)31-19-23(35-27(33)28(2,3)4)18-25(31)29(34,21-13-7-5-8-14-21)22-15-9-6-10-16-22/h5-17,23,25,34H,18-19H2,1-4H3/t23-,25+/m1/s1. The van der Waals surface area contributed by atoms with Crippen LogP contribution in [0.4, 0.5) is 0 Å². The number of carbonyl (C=O) groups is 2. The fraction of sp³-hybridized carbons (Fsp3) is 0.345. The minimum Gasteiger partial charge on any atom is -0.460 e. The molecule has 1 fully saturated rings. The normalized spacial score (nSPS) is 18.4.